The smallest absolute Gasteiger partial charge is 0.410 e. The van der Waals surface area contributed by atoms with Crippen molar-refractivity contribution in [1.29, 1.82) is 0 Å². The minimum atomic E-state index is -0.519. The number of nitrogens with zero attached hydrogens (tertiary/aromatic N) is 2. The van der Waals surface area contributed by atoms with E-state index in [2.05, 4.69) is 17.9 Å². The highest BCUT2D eigenvalue weighted by Crippen LogP contribution is 2.40. The van der Waals surface area contributed by atoms with Gasteiger partial charge in [-0.3, -0.25) is 0 Å². The number of fused-ring (bicyclic) bond motifs is 2. The zero-order chi connectivity index (χ0) is 23.0. The molecule has 7 heteroatoms. The van der Waals surface area contributed by atoms with E-state index in [1.54, 1.807) is 23.1 Å². The fourth-order valence-corrected chi connectivity index (χ4v) is 4.69. The van der Waals surface area contributed by atoms with Crippen molar-refractivity contribution in [3.63, 3.8) is 0 Å². The highest BCUT2D eigenvalue weighted by Gasteiger charge is 2.29. The predicted molar refractivity (Wildman–Crippen MR) is 124 cm³/mol. The molecular weight excluding hydrogens is 431 g/mol. The Kier molecular flexibility index (Phi) is 6.26. The third kappa shape index (κ3) is 4.65. The first kappa shape index (κ1) is 22.7. The van der Waals surface area contributed by atoms with Crippen LogP contribution >= 0.6 is 11.6 Å². The molecule has 2 aromatic rings. The van der Waals surface area contributed by atoms with Crippen LogP contribution in [0, 0.1) is 12.7 Å². The molecule has 4 rings (SSSR count). The molecule has 0 saturated heterocycles. The van der Waals surface area contributed by atoms with Gasteiger partial charge in [0.1, 0.15) is 23.8 Å². The van der Waals surface area contributed by atoms with E-state index in [9.17, 15) is 9.18 Å². The maximum absolute atomic E-state index is 14.6. The van der Waals surface area contributed by atoms with Crippen LogP contribution in [0.25, 0.3) is 0 Å². The van der Waals surface area contributed by atoms with Crippen LogP contribution in [0.4, 0.5) is 14.9 Å². The van der Waals surface area contributed by atoms with E-state index in [4.69, 9.17) is 21.1 Å². The van der Waals surface area contributed by atoms with Crippen LogP contribution in [-0.2, 0) is 24.1 Å². The van der Waals surface area contributed by atoms with Crippen LogP contribution in [0.2, 0.25) is 5.02 Å². The normalized spacial score (nSPS) is 16.1. The molecule has 2 heterocycles. The van der Waals surface area contributed by atoms with E-state index < -0.39 is 5.60 Å². The molecule has 172 valence electrons. The Morgan fingerprint density at radius 1 is 1.22 bits per heavy atom. The molecule has 2 aromatic carbocycles. The zero-order valence-electron chi connectivity index (χ0n) is 19.1. The number of amides is 1. The number of hydrogen-bond acceptors (Lipinski definition) is 4. The van der Waals surface area contributed by atoms with Gasteiger partial charge in [-0.25, -0.2) is 9.18 Å². The molecular formula is C25H30ClFN2O3. The van der Waals surface area contributed by atoms with Gasteiger partial charge >= 0.3 is 6.09 Å². The lowest BCUT2D eigenvalue weighted by Crippen LogP contribution is -2.38. The van der Waals surface area contributed by atoms with Gasteiger partial charge in [0.15, 0.2) is 0 Å². The predicted octanol–water partition coefficient (Wildman–Crippen LogP) is 5.52. The van der Waals surface area contributed by atoms with Gasteiger partial charge in [-0.2, -0.15) is 0 Å². The Balaban J connectivity index is 1.61. The largest absolute Gasteiger partial charge is 0.490 e. The summed E-state index contributed by atoms with van der Waals surface area (Å²) in [6.07, 6.45) is 1.21. The summed E-state index contributed by atoms with van der Waals surface area (Å²) in [5.74, 6) is 0.447. The van der Waals surface area contributed by atoms with Crippen LogP contribution in [0.1, 0.15) is 43.0 Å². The molecule has 0 bridgehead atoms. The lowest BCUT2D eigenvalue weighted by molar-refractivity contribution is 0.0258. The van der Waals surface area contributed by atoms with Crippen molar-refractivity contribution in [3.8, 4) is 5.75 Å². The van der Waals surface area contributed by atoms with Crippen LogP contribution < -0.4 is 9.64 Å². The molecule has 0 aromatic heterocycles. The summed E-state index contributed by atoms with van der Waals surface area (Å²) in [5, 5.41) is 0.136. The SMILES string of the molecule is Cc1c2c(cc3c1N(Cc1cccc(Cl)c1F)CCO3)CCN(C(=O)OC(C)(C)C)CC2. The molecule has 5 nitrogen and oxygen atoms in total. The molecule has 0 fully saturated rings. The number of hydrogen-bond donors (Lipinski definition) is 0. The van der Waals surface area contributed by atoms with E-state index in [-0.39, 0.29) is 16.9 Å². The van der Waals surface area contributed by atoms with Gasteiger partial charge in [0.25, 0.3) is 0 Å². The number of rotatable bonds is 2. The molecule has 32 heavy (non-hydrogen) atoms. The minimum absolute atomic E-state index is 0.136. The summed E-state index contributed by atoms with van der Waals surface area (Å²) < 4.78 is 26.1. The van der Waals surface area contributed by atoms with Crippen molar-refractivity contribution in [3.05, 3.63) is 57.4 Å². The zero-order valence-corrected chi connectivity index (χ0v) is 19.9. The lowest BCUT2D eigenvalue weighted by Gasteiger charge is -2.34. The summed E-state index contributed by atoms with van der Waals surface area (Å²) in [7, 11) is 0. The first-order chi connectivity index (χ1) is 15.1. The molecule has 0 saturated carbocycles. The fourth-order valence-electron chi connectivity index (χ4n) is 4.49. The molecule has 0 radical (unpaired) electrons. The molecule has 0 N–H and O–H groups in total. The summed E-state index contributed by atoms with van der Waals surface area (Å²) in [6, 6.07) is 7.21. The van der Waals surface area contributed by atoms with Crippen molar-refractivity contribution >= 4 is 23.4 Å². The number of anilines is 1. The van der Waals surface area contributed by atoms with E-state index in [1.165, 1.54) is 11.1 Å². The van der Waals surface area contributed by atoms with Gasteiger partial charge in [0, 0.05) is 25.2 Å². The molecule has 0 unspecified atom stereocenters. The van der Waals surface area contributed by atoms with Crippen LogP contribution in [-0.4, -0.2) is 42.8 Å². The third-order valence-electron chi connectivity index (χ3n) is 6.00. The number of ether oxygens (including phenoxy) is 2. The lowest BCUT2D eigenvalue weighted by atomic mass is 9.94. The Bertz CT molecular complexity index is 1030. The maximum Gasteiger partial charge on any atom is 0.410 e. The quantitative estimate of drug-likeness (QED) is 0.591. The summed E-state index contributed by atoms with van der Waals surface area (Å²) in [6.45, 7) is 10.6. The average molecular weight is 461 g/mol. The van der Waals surface area contributed by atoms with Gasteiger partial charge in [0.2, 0.25) is 0 Å². The van der Waals surface area contributed by atoms with Crippen molar-refractivity contribution in [2.24, 2.45) is 0 Å². The molecule has 1 amide bonds. The Morgan fingerprint density at radius 3 is 2.72 bits per heavy atom. The van der Waals surface area contributed by atoms with Crippen molar-refractivity contribution < 1.29 is 18.7 Å². The number of carbonyl (C=O) groups is 1. The van der Waals surface area contributed by atoms with E-state index in [0.717, 1.165) is 29.8 Å². The highest BCUT2D eigenvalue weighted by atomic mass is 35.5. The molecule has 2 aliphatic heterocycles. The highest BCUT2D eigenvalue weighted by molar-refractivity contribution is 6.30. The van der Waals surface area contributed by atoms with Crippen LogP contribution in [0.5, 0.6) is 5.75 Å². The second kappa shape index (κ2) is 8.81. The summed E-state index contributed by atoms with van der Waals surface area (Å²) >= 11 is 5.99. The Morgan fingerprint density at radius 2 is 1.97 bits per heavy atom. The molecule has 0 spiro atoms. The van der Waals surface area contributed by atoms with E-state index in [1.807, 2.05) is 20.8 Å². The second-order valence-electron chi connectivity index (χ2n) is 9.44. The minimum Gasteiger partial charge on any atom is -0.490 e. The van der Waals surface area contributed by atoms with Crippen molar-refractivity contribution in [2.45, 2.75) is 52.7 Å². The van der Waals surface area contributed by atoms with Crippen LogP contribution in [0.3, 0.4) is 0 Å². The van der Waals surface area contributed by atoms with Gasteiger partial charge in [-0.15, -0.1) is 0 Å². The number of carbonyl (C=O) groups excluding carboxylic acids is 1. The number of benzene rings is 2. The molecule has 2 aliphatic rings. The topological polar surface area (TPSA) is 42.0 Å². The standard InChI is InChI=1S/C25H30ClFN2O3/c1-16-19-9-11-28(24(30)32-25(2,3)4)10-8-17(19)14-21-23(16)29(12-13-31-21)15-18-6-5-7-20(26)22(18)27/h5-7,14H,8-13,15H2,1-4H3. The second-order valence-corrected chi connectivity index (χ2v) is 9.84. The van der Waals surface area contributed by atoms with Crippen LogP contribution in [0.15, 0.2) is 24.3 Å². The number of halogens is 2. The molecule has 0 aliphatic carbocycles. The monoisotopic (exact) mass is 460 g/mol. The summed E-state index contributed by atoms with van der Waals surface area (Å²) in [5.41, 5.74) is 4.61. The fraction of sp³-hybridized carbons (Fsp3) is 0.480. The van der Waals surface area contributed by atoms with Gasteiger partial charge < -0.3 is 19.3 Å². The van der Waals surface area contributed by atoms with Crippen molar-refractivity contribution in [1.82, 2.24) is 4.90 Å². The van der Waals surface area contributed by atoms with E-state index in [0.29, 0.717) is 38.3 Å². The van der Waals surface area contributed by atoms with E-state index >= 15 is 0 Å². The first-order valence-electron chi connectivity index (χ1n) is 11.1. The average Bonchev–Trinajstić information content (AvgIpc) is 2.93. The first-order valence-corrected chi connectivity index (χ1v) is 11.5. The Hall–Kier alpha value is -2.47. The molecule has 0 atom stereocenters. The van der Waals surface area contributed by atoms with Gasteiger partial charge in [0.05, 0.1) is 17.3 Å². The van der Waals surface area contributed by atoms with Gasteiger partial charge in [-0.05, 0) is 69.4 Å². The third-order valence-corrected chi connectivity index (χ3v) is 6.29. The Labute approximate surface area is 194 Å². The summed E-state index contributed by atoms with van der Waals surface area (Å²) in [4.78, 5) is 16.5. The maximum atomic E-state index is 14.6. The van der Waals surface area contributed by atoms with Gasteiger partial charge in [-0.1, -0.05) is 23.7 Å². The van der Waals surface area contributed by atoms with Crippen molar-refractivity contribution in [2.75, 3.05) is 31.1 Å².